The number of hydrogen-bond acceptors (Lipinski definition) is 2. The van der Waals surface area contributed by atoms with Gasteiger partial charge in [0.05, 0.1) is 5.92 Å². The van der Waals surface area contributed by atoms with Crippen LogP contribution in [-0.4, -0.2) is 35.1 Å². The molecule has 17 heavy (non-hydrogen) atoms. The van der Waals surface area contributed by atoms with Crippen molar-refractivity contribution in [3.05, 3.63) is 0 Å². The largest absolute Gasteiger partial charge is 0.481 e. The second-order valence-corrected chi connectivity index (χ2v) is 5.87. The van der Waals surface area contributed by atoms with Gasteiger partial charge in [0.15, 0.2) is 0 Å². The molecule has 3 heteroatoms. The summed E-state index contributed by atoms with van der Waals surface area (Å²) in [7, 11) is 0. The predicted octanol–water partition coefficient (Wildman–Crippen LogP) is 2.75. The fourth-order valence-electron chi connectivity index (χ4n) is 3.75. The molecule has 1 aliphatic heterocycles. The van der Waals surface area contributed by atoms with Crippen LogP contribution in [0.1, 0.15) is 52.4 Å². The van der Waals surface area contributed by atoms with Gasteiger partial charge in [-0.3, -0.25) is 9.69 Å². The Balaban J connectivity index is 2.02. The maximum atomic E-state index is 11.2. The summed E-state index contributed by atoms with van der Waals surface area (Å²) in [5, 5.41) is 9.26. The smallest absolute Gasteiger partial charge is 0.308 e. The number of nitrogens with zero attached hydrogens (tertiary/aromatic N) is 1. The van der Waals surface area contributed by atoms with Gasteiger partial charge < -0.3 is 5.11 Å². The van der Waals surface area contributed by atoms with Crippen LogP contribution in [-0.2, 0) is 4.79 Å². The second-order valence-electron chi connectivity index (χ2n) is 5.87. The van der Waals surface area contributed by atoms with Crippen LogP contribution in [0.2, 0.25) is 0 Å². The lowest BCUT2D eigenvalue weighted by Crippen LogP contribution is -2.40. The van der Waals surface area contributed by atoms with Gasteiger partial charge in [-0.15, -0.1) is 0 Å². The SMILES string of the molecule is CCC1(CC)CCN(C2CCCC2C(=O)O)C1. The number of carboxylic acids is 1. The molecule has 1 aliphatic carbocycles. The van der Waals surface area contributed by atoms with Crippen molar-refractivity contribution >= 4 is 5.97 Å². The van der Waals surface area contributed by atoms with E-state index >= 15 is 0 Å². The van der Waals surface area contributed by atoms with Crippen molar-refractivity contribution < 1.29 is 9.90 Å². The Morgan fingerprint density at radius 1 is 1.35 bits per heavy atom. The lowest BCUT2D eigenvalue weighted by atomic mass is 9.82. The Bertz CT molecular complexity index is 286. The normalized spacial score (nSPS) is 33.1. The first-order valence-corrected chi connectivity index (χ1v) is 7.09. The van der Waals surface area contributed by atoms with E-state index in [0.29, 0.717) is 11.5 Å². The summed E-state index contributed by atoms with van der Waals surface area (Å²) in [4.78, 5) is 13.7. The molecule has 0 aromatic heterocycles. The quantitative estimate of drug-likeness (QED) is 0.820. The Morgan fingerprint density at radius 2 is 2.06 bits per heavy atom. The van der Waals surface area contributed by atoms with Crippen LogP contribution in [0.3, 0.4) is 0 Å². The molecule has 1 N–H and O–H groups in total. The van der Waals surface area contributed by atoms with Gasteiger partial charge in [0.25, 0.3) is 0 Å². The minimum absolute atomic E-state index is 0.112. The Morgan fingerprint density at radius 3 is 2.59 bits per heavy atom. The van der Waals surface area contributed by atoms with E-state index < -0.39 is 5.97 Å². The van der Waals surface area contributed by atoms with Gasteiger partial charge in [-0.1, -0.05) is 20.3 Å². The molecule has 2 atom stereocenters. The van der Waals surface area contributed by atoms with Crippen LogP contribution in [0.4, 0.5) is 0 Å². The van der Waals surface area contributed by atoms with E-state index in [-0.39, 0.29) is 5.92 Å². The van der Waals surface area contributed by atoms with Gasteiger partial charge in [-0.2, -0.15) is 0 Å². The maximum absolute atomic E-state index is 11.2. The molecule has 2 rings (SSSR count). The summed E-state index contributed by atoms with van der Waals surface area (Å²) in [6.07, 6.45) is 6.75. The van der Waals surface area contributed by atoms with Crippen molar-refractivity contribution in [1.82, 2.24) is 4.90 Å². The fourth-order valence-corrected chi connectivity index (χ4v) is 3.75. The van der Waals surface area contributed by atoms with Gasteiger partial charge in [0, 0.05) is 12.6 Å². The third kappa shape index (κ3) is 2.35. The molecule has 3 nitrogen and oxygen atoms in total. The highest BCUT2D eigenvalue weighted by Gasteiger charge is 2.43. The second kappa shape index (κ2) is 4.97. The highest BCUT2D eigenvalue weighted by molar-refractivity contribution is 5.71. The van der Waals surface area contributed by atoms with Crippen LogP contribution in [0.25, 0.3) is 0 Å². The van der Waals surface area contributed by atoms with Crippen molar-refractivity contribution in [1.29, 1.82) is 0 Å². The molecule has 0 aromatic carbocycles. The van der Waals surface area contributed by atoms with E-state index in [0.717, 1.165) is 32.4 Å². The monoisotopic (exact) mass is 239 g/mol. The molecule has 0 bridgehead atoms. The molecule has 2 aliphatic rings. The van der Waals surface area contributed by atoms with E-state index in [4.69, 9.17) is 0 Å². The summed E-state index contributed by atoms with van der Waals surface area (Å²) in [5.74, 6) is -0.697. The van der Waals surface area contributed by atoms with Gasteiger partial charge in [-0.05, 0) is 44.1 Å². The lowest BCUT2D eigenvalue weighted by Gasteiger charge is -2.31. The first kappa shape index (κ1) is 12.9. The van der Waals surface area contributed by atoms with Gasteiger partial charge in [0.2, 0.25) is 0 Å². The van der Waals surface area contributed by atoms with E-state index in [2.05, 4.69) is 18.7 Å². The highest BCUT2D eigenvalue weighted by Crippen LogP contribution is 2.41. The molecule has 98 valence electrons. The number of carboxylic acid groups (broad SMARTS) is 1. The molecule has 2 unspecified atom stereocenters. The Labute approximate surface area is 104 Å². The first-order chi connectivity index (χ1) is 8.12. The number of likely N-dealkylation sites (tertiary alicyclic amines) is 1. The number of hydrogen-bond donors (Lipinski definition) is 1. The number of carbonyl (C=O) groups is 1. The van der Waals surface area contributed by atoms with Crippen LogP contribution in [0, 0.1) is 11.3 Å². The topological polar surface area (TPSA) is 40.5 Å². The van der Waals surface area contributed by atoms with Crippen LogP contribution < -0.4 is 0 Å². The molecule has 1 saturated heterocycles. The molecular weight excluding hydrogens is 214 g/mol. The molecule has 1 saturated carbocycles. The third-order valence-electron chi connectivity index (χ3n) is 5.23. The van der Waals surface area contributed by atoms with Gasteiger partial charge >= 0.3 is 5.97 Å². The van der Waals surface area contributed by atoms with Crippen LogP contribution in [0.5, 0.6) is 0 Å². The molecule has 0 amide bonds. The number of rotatable bonds is 4. The minimum Gasteiger partial charge on any atom is -0.481 e. The summed E-state index contributed by atoms with van der Waals surface area (Å²) in [5.41, 5.74) is 0.464. The zero-order valence-electron chi connectivity index (χ0n) is 11.1. The molecular formula is C14H25NO2. The number of aliphatic carboxylic acids is 1. The lowest BCUT2D eigenvalue weighted by molar-refractivity contribution is -0.143. The van der Waals surface area contributed by atoms with E-state index in [1.807, 2.05) is 0 Å². The van der Waals surface area contributed by atoms with Crippen LogP contribution in [0.15, 0.2) is 0 Å². The van der Waals surface area contributed by atoms with Crippen molar-refractivity contribution in [2.24, 2.45) is 11.3 Å². The molecule has 0 radical (unpaired) electrons. The zero-order chi connectivity index (χ0) is 12.5. The zero-order valence-corrected chi connectivity index (χ0v) is 11.1. The summed E-state index contributed by atoms with van der Waals surface area (Å²) >= 11 is 0. The Kier molecular flexibility index (Phi) is 3.76. The highest BCUT2D eigenvalue weighted by atomic mass is 16.4. The molecule has 0 spiro atoms. The molecule has 2 fully saturated rings. The minimum atomic E-state index is -0.585. The summed E-state index contributed by atoms with van der Waals surface area (Å²) in [6, 6.07) is 0.312. The van der Waals surface area contributed by atoms with Crippen molar-refractivity contribution in [2.75, 3.05) is 13.1 Å². The van der Waals surface area contributed by atoms with Crippen LogP contribution >= 0.6 is 0 Å². The third-order valence-corrected chi connectivity index (χ3v) is 5.23. The van der Waals surface area contributed by atoms with E-state index in [9.17, 15) is 9.90 Å². The van der Waals surface area contributed by atoms with Gasteiger partial charge in [-0.25, -0.2) is 0 Å². The van der Waals surface area contributed by atoms with Crippen molar-refractivity contribution in [3.8, 4) is 0 Å². The van der Waals surface area contributed by atoms with Crippen molar-refractivity contribution in [2.45, 2.75) is 58.4 Å². The first-order valence-electron chi connectivity index (χ1n) is 7.09. The standard InChI is InChI=1S/C14H25NO2/c1-3-14(4-2)8-9-15(10-14)12-7-5-6-11(12)13(16)17/h11-12H,3-10H2,1-2H3,(H,16,17). The van der Waals surface area contributed by atoms with E-state index in [1.54, 1.807) is 0 Å². The molecule has 0 aromatic rings. The average molecular weight is 239 g/mol. The predicted molar refractivity (Wildman–Crippen MR) is 68.0 cm³/mol. The fraction of sp³-hybridized carbons (Fsp3) is 0.929. The van der Waals surface area contributed by atoms with Gasteiger partial charge in [0.1, 0.15) is 0 Å². The maximum Gasteiger partial charge on any atom is 0.308 e. The van der Waals surface area contributed by atoms with E-state index in [1.165, 1.54) is 19.3 Å². The Hall–Kier alpha value is -0.570. The average Bonchev–Trinajstić information content (AvgIpc) is 2.96. The molecule has 1 heterocycles. The summed E-state index contributed by atoms with van der Waals surface area (Å²) < 4.78 is 0. The summed E-state index contributed by atoms with van der Waals surface area (Å²) in [6.45, 7) is 6.78. The van der Waals surface area contributed by atoms with Crippen molar-refractivity contribution in [3.63, 3.8) is 0 Å².